The Morgan fingerprint density at radius 3 is 2.41 bits per heavy atom. The van der Waals surface area contributed by atoms with Gasteiger partial charge in [-0.05, 0) is 24.3 Å². The lowest BCUT2D eigenvalue weighted by atomic mass is 10.1. The van der Waals surface area contributed by atoms with E-state index >= 15 is 0 Å². The van der Waals surface area contributed by atoms with Gasteiger partial charge >= 0.3 is 0 Å². The fourth-order valence-electron chi connectivity index (χ4n) is 1.71. The Morgan fingerprint density at radius 1 is 1.09 bits per heavy atom. The SMILES string of the molecule is COc1ccc(Cl)cc1NC(=O)c1cc(F)c(F)c(F)c1F. The number of hydrogen-bond donors (Lipinski definition) is 1. The fraction of sp³-hybridized carbons (Fsp3) is 0.0714. The summed E-state index contributed by atoms with van der Waals surface area (Å²) >= 11 is 5.76. The van der Waals surface area contributed by atoms with E-state index in [-0.39, 0.29) is 22.5 Å². The van der Waals surface area contributed by atoms with Crippen molar-refractivity contribution in [3.8, 4) is 5.75 Å². The molecule has 0 fully saturated rings. The second kappa shape index (κ2) is 6.23. The molecule has 1 N–H and O–H groups in total. The van der Waals surface area contributed by atoms with Gasteiger partial charge in [0.15, 0.2) is 23.3 Å². The Kier molecular flexibility index (Phi) is 4.56. The van der Waals surface area contributed by atoms with Crippen LogP contribution in [-0.2, 0) is 0 Å². The number of amides is 1. The summed E-state index contributed by atoms with van der Waals surface area (Å²) in [6.07, 6.45) is 0. The molecule has 22 heavy (non-hydrogen) atoms. The molecular formula is C14H8ClF4NO2. The van der Waals surface area contributed by atoms with Crippen molar-refractivity contribution in [2.75, 3.05) is 12.4 Å². The highest BCUT2D eigenvalue weighted by molar-refractivity contribution is 6.31. The Morgan fingerprint density at radius 2 is 1.77 bits per heavy atom. The van der Waals surface area contributed by atoms with Crippen LogP contribution in [-0.4, -0.2) is 13.0 Å². The molecule has 8 heteroatoms. The Hall–Kier alpha value is -2.28. The predicted octanol–water partition coefficient (Wildman–Crippen LogP) is 4.16. The Labute approximate surface area is 127 Å². The van der Waals surface area contributed by atoms with Gasteiger partial charge in [0, 0.05) is 5.02 Å². The number of hydrogen-bond acceptors (Lipinski definition) is 2. The monoisotopic (exact) mass is 333 g/mol. The maximum atomic E-state index is 13.6. The summed E-state index contributed by atoms with van der Waals surface area (Å²) in [5.41, 5.74) is -0.928. The molecule has 0 saturated heterocycles. The van der Waals surface area contributed by atoms with Crippen LogP contribution in [0.5, 0.6) is 5.75 Å². The number of carbonyl (C=O) groups is 1. The van der Waals surface area contributed by atoms with Gasteiger partial charge in [-0.25, -0.2) is 17.6 Å². The fourth-order valence-corrected chi connectivity index (χ4v) is 1.88. The minimum Gasteiger partial charge on any atom is -0.495 e. The molecule has 2 aromatic rings. The zero-order chi connectivity index (χ0) is 16.4. The minimum absolute atomic E-state index is 0.0598. The summed E-state index contributed by atoms with van der Waals surface area (Å²) in [5.74, 6) is -8.52. The van der Waals surface area contributed by atoms with Crippen LogP contribution in [0.15, 0.2) is 24.3 Å². The summed E-state index contributed by atoms with van der Waals surface area (Å²) in [7, 11) is 1.32. The predicted molar refractivity (Wildman–Crippen MR) is 72.2 cm³/mol. The van der Waals surface area contributed by atoms with E-state index in [2.05, 4.69) is 5.32 Å². The van der Waals surface area contributed by atoms with E-state index in [9.17, 15) is 22.4 Å². The van der Waals surface area contributed by atoms with Crippen molar-refractivity contribution in [3.05, 3.63) is 58.1 Å². The van der Waals surface area contributed by atoms with Gasteiger partial charge in [-0.3, -0.25) is 4.79 Å². The number of rotatable bonds is 3. The van der Waals surface area contributed by atoms with Gasteiger partial charge in [-0.2, -0.15) is 0 Å². The lowest BCUT2D eigenvalue weighted by molar-refractivity contribution is 0.102. The molecule has 0 bridgehead atoms. The van der Waals surface area contributed by atoms with Crippen LogP contribution in [0.1, 0.15) is 10.4 Å². The largest absolute Gasteiger partial charge is 0.495 e. The van der Waals surface area contributed by atoms with Gasteiger partial charge in [0.1, 0.15) is 5.75 Å². The van der Waals surface area contributed by atoms with Crippen molar-refractivity contribution in [1.82, 2.24) is 0 Å². The van der Waals surface area contributed by atoms with E-state index < -0.39 is 34.7 Å². The third kappa shape index (κ3) is 2.99. The summed E-state index contributed by atoms with van der Waals surface area (Å²) in [5, 5.41) is 2.43. The number of ether oxygens (including phenoxy) is 1. The van der Waals surface area contributed by atoms with E-state index in [1.165, 1.54) is 25.3 Å². The van der Waals surface area contributed by atoms with E-state index in [0.29, 0.717) is 0 Å². The van der Waals surface area contributed by atoms with Crippen LogP contribution in [0.4, 0.5) is 23.2 Å². The molecule has 2 rings (SSSR count). The van der Waals surface area contributed by atoms with E-state index in [0.717, 1.165) is 0 Å². The van der Waals surface area contributed by atoms with Gasteiger partial charge in [0.2, 0.25) is 0 Å². The zero-order valence-corrected chi connectivity index (χ0v) is 11.8. The number of carbonyl (C=O) groups excluding carboxylic acids is 1. The van der Waals surface area contributed by atoms with Gasteiger partial charge in [0.05, 0.1) is 18.4 Å². The Balaban J connectivity index is 2.40. The third-order valence-corrected chi connectivity index (χ3v) is 2.99. The van der Waals surface area contributed by atoms with Crippen LogP contribution in [0.25, 0.3) is 0 Å². The first-order valence-corrected chi connectivity index (χ1v) is 6.20. The van der Waals surface area contributed by atoms with Crippen molar-refractivity contribution in [1.29, 1.82) is 0 Å². The van der Waals surface area contributed by atoms with Crippen LogP contribution in [0, 0.1) is 23.3 Å². The highest BCUT2D eigenvalue weighted by Crippen LogP contribution is 2.28. The topological polar surface area (TPSA) is 38.3 Å². The van der Waals surface area contributed by atoms with E-state index in [1.807, 2.05) is 0 Å². The number of benzene rings is 2. The maximum Gasteiger partial charge on any atom is 0.258 e. The molecule has 0 saturated carbocycles. The van der Waals surface area contributed by atoms with Crippen LogP contribution in [0.3, 0.4) is 0 Å². The van der Waals surface area contributed by atoms with Crippen molar-refractivity contribution in [2.24, 2.45) is 0 Å². The minimum atomic E-state index is -2.07. The number of anilines is 1. The molecule has 2 aromatic carbocycles. The smallest absolute Gasteiger partial charge is 0.258 e. The average molecular weight is 334 g/mol. The molecule has 1 amide bonds. The molecule has 0 aliphatic heterocycles. The number of nitrogens with one attached hydrogen (secondary N) is 1. The maximum absolute atomic E-state index is 13.6. The zero-order valence-electron chi connectivity index (χ0n) is 11.0. The molecule has 3 nitrogen and oxygen atoms in total. The molecule has 0 aliphatic rings. The standard InChI is InChI=1S/C14H8ClF4NO2/c1-22-10-3-2-6(15)4-9(10)20-14(21)7-5-8(16)12(18)13(19)11(7)17/h2-5H,1H3,(H,20,21). The van der Waals surface area contributed by atoms with Crippen molar-refractivity contribution < 1.29 is 27.1 Å². The highest BCUT2D eigenvalue weighted by Gasteiger charge is 2.23. The molecular weight excluding hydrogens is 326 g/mol. The molecule has 0 aromatic heterocycles. The number of halogens is 5. The lowest BCUT2D eigenvalue weighted by Gasteiger charge is -2.11. The third-order valence-electron chi connectivity index (χ3n) is 2.76. The normalized spacial score (nSPS) is 10.5. The second-order valence-corrected chi connectivity index (χ2v) is 4.58. The van der Waals surface area contributed by atoms with Crippen molar-refractivity contribution in [3.63, 3.8) is 0 Å². The average Bonchev–Trinajstić information content (AvgIpc) is 2.49. The van der Waals surface area contributed by atoms with Crippen LogP contribution >= 0.6 is 11.6 Å². The summed E-state index contributed by atoms with van der Waals surface area (Å²) < 4.78 is 57.7. The van der Waals surface area contributed by atoms with Crippen molar-refractivity contribution >= 4 is 23.2 Å². The molecule has 0 atom stereocenters. The lowest BCUT2D eigenvalue weighted by Crippen LogP contribution is -2.16. The Bertz CT molecular complexity index is 752. The second-order valence-electron chi connectivity index (χ2n) is 4.15. The molecule has 0 aliphatic carbocycles. The quantitative estimate of drug-likeness (QED) is 0.520. The van der Waals surface area contributed by atoms with Crippen molar-refractivity contribution in [2.45, 2.75) is 0 Å². The van der Waals surface area contributed by atoms with Crippen LogP contribution in [0.2, 0.25) is 5.02 Å². The molecule has 116 valence electrons. The van der Waals surface area contributed by atoms with Crippen LogP contribution < -0.4 is 10.1 Å². The van der Waals surface area contributed by atoms with Gasteiger partial charge in [0.25, 0.3) is 5.91 Å². The first-order valence-electron chi connectivity index (χ1n) is 5.83. The highest BCUT2D eigenvalue weighted by atomic mass is 35.5. The molecule has 0 heterocycles. The summed E-state index contributed by atoms with van der Waals surface area (Å²) in [6.45, 7) is 0. The summed E-state index contributed by atoms with van der Waals surface area (Å²) in [6, 6.07) is 4.47. The molecule has 0 spiro atoms. The molecule has 0 radical (unpaired) electrons. The molecule has 0 unspecified atom stereocenters. The van der Waals surface area contributed by atoms with Gasteiger partial charge < -0.3 is 10.1 Å². The first-order chi connectivity index (χ1) is 10.3. The van der Waals surface area contributed by atoms with E-state index in [4.69, 9.17) is 16.3 Å². The number of methoxy groups -OCH3 is 1. The van der Waals surface area contributed by atoms with Gasteiger partial charge in [-0.1, -0.05) is 11.6 Å². The first kappa shape index (κ1) is 16.1. The van der Waals surface area contributed by atoms with E-state index in [1.54, 1.807) is 0 Å². The van der Waals surface area contributed by atoms with Gasteiger partial charge in [-0.15, -0.1) is 0 Å². The summed E-state index contributed by atoms with van der Waals surface area (Å²) in [4.78, 5) is 11.9.